The van der Waals surface area contributed by atoms with E-state index in [0.29, 0.717) is 17.5 Å². The van der Waals surface area contributed by atoms with Crippen molar-refractivity contribution in [3.8, 4) is 101 Å². The summed E-state index contributed by atoms with van der Waals surface area (Å²) in [6, 6.07) is 93.4. The van der Waals surface area contributed by atoms with Gasteiger partial charge in [-0.3, -0.25) is 0 Å². The van der Waals surface area contributed by atoms with Crippen LogP contribution in [0.1, 0.15) is 22.3 Å². The maximum absolute atomic E-state index is 6.64. The summed E-state index contributed by atoms with van der Waals surface area (Å²) in [6.45, 7) is 0. The number of nitrogens with zero attached hydrogens (tertiary/aromatic N) is 3. The molecule has 74 heavy (non-hydrogen) atoms. The molecule has 0 saturated heterocycles. The van der Waals surface area contributed by atoms with Gasteiger partial charge in [-0.1, -0.05) is 231 Å². The predicted molar refractivity (Wildman–Crippen MR) is 301 cm³/mol. The van der Waals surface area contributed by atoms with Gasteiger partial charge in [0.25, 0.3) is 0 Å². The third kappa shape index (κ3) is 6.45. The second-order valence-corrected chi connectivity index (χ2v) is 19.4. The van der Waals surface area contributed by atoms with E-state index in [4.69, 9.17) is 19.4 Å². The first-order chi connectivity index (χ1) is 36.7. The summed E-state index contributed by atoms with van der Waals surface area (Å²) in [6.07, 6.45) is 0. The van der Waals surface area contributed by atoms with E-state index >= 15 is 0 Å². The van der Waals surface area contributed by atoms with Gasteiger partial charge in [-0.15, -0.1) is 0 Å². The summed E-state index contributed by atoms with van der Waals surface area (Å²) < 4.78 is 6.64. The van der Waals surface area contributed by atoms with Crippen LogP contribution < -0.4 is 0 Å². The molecule has 15 rings (SSSR count). The molecular formula is C70H43N3O. The second-order valence-electron chi connectivity index (χ2n) is 19.4. The number of benzene rings is 11. The van der Waals surface area contributed by atoms with Crippen LogP contribution in [0.2, 0.25) is 0 Å². The molecule has 11 aromatic carbocycles. The zero-order chi connectivity index (χ0) is 48.7. The lowest BCUT2D eigenvalue weighted by Gasteiger charge is -2.32. The molecule has 2 aromatic heterocycles. The minimum atomic E-state index is -0.433. The number of fused-ring (bicyclic) bond motifs is 13. The highest BCUT2D eigenvalue weighted by Gasteiger charge is 2.52. The molecule has 13 aromatic rings. The molecule has 0 aliphatic heterocycles. The topological polar surface area (TPSA) is 51.8 Å². The lowest BCUT2D eigenvalue weighted by Crippen LogP contribution is -2.26. The first-order valence-electron chi connectivity index (χ1n) is 25.2. The van der Waals surface area contributed by atoms with E-state index in [9.17, 15) is 0 Å². The molecule has 1 spiro atoms. The third-order valence-electron chi connectivity index (χ3n) is 15.4. The molecular weight excluding hydrogens is 899 g/mol. The SMILES string of the molecule is c1ccc(-c2cccc(-c3nc(-c4cccc(-c5ccccc5)c4)nc(-c4cccc5oc6ccc(-c7ccc(-c8cccc9c8C8(c%10ccccc%10-c%10ccccc%108)c8ccccc8-9)cc7)cc6c45)n3)c2)cc1. The Labute approximate surface area is 428 Å². The Kier molecular flexibility index (Phi) is 9.45. The Morgan fingerprint density at radius 2 is 0.662 bits per heavy atom. The van der Waals surface area contributed by atoms with Crippen LogP contribution in [0.5, 0.6) is 0 Å². The van der Waals surface area contributed by atoms with Crippen molar-refractivity contribution in [2.75, 3.05) is 0 Å². The van der Waals surface area contributed by atoms with Gasteiger partial charge in [0.2, 0.25) is 0 Å². The van der Waals surface area contributed by atoms with Gasteiger partial charge < -0.3 is 4.42 Å². The van der Waals surface area contributed by atoms with Crippen molar-refractivity contribution >= 4 is 21.9 Å². The average molecular weight is 942 g/mol. The van der Waals surface area contributed by atoms with Crippen LogP contribution in [0.15, 0.2) is 265 Å². The molecule has 2 aliphatic carbocycles. The van der Waals surface area contributed by atoms with Crippen molar-refractivity contribution < 1.29 is 4.42 Å². The van der Waals surface area contributed by atoms with Crippen LogP contribution in [0.4, 0.5) is 0 Å². The maximum atomic E-state index is 6.64. The highest BCUT2D eigenvalue weighted by molar-refractivity contribution is 6.13. The van der Waals surface area contributed by atoms with Crippen molar-refractivity contribution in [2.45, 2.75) is 5.41 Å². The van der Waals surface area contributed by atoms with Gasteiger partial charge in [0.15, 0.2) is 17.5 Å². The average Bonchev–Trinajstić information content (AvgIpc) is 4.21. The lowest BCUT2D eigenvalue weighted by atomic mass is 9.68. The van der Waals surface area contributed by atoms with Crippen molar-refractivity contribution in [3.63, 3.8) is 0 Å². The fraction of sp³-hybridized carbons (Fsp3) is 0.0143. The predicted octanol–water partition coefficient (Wildman–Crippen LogP) is 17.8. The molecule has 2 aliphatic rings. The monoisotopic (exact) mass is 941 g/mol. The van der Waals surface area contributed by atoms with Crippen LogP contribution in [-0.4, -0.2) is 15.0 Å². The number of hydrogen-bond acceptors (Lipinski definition) is 4. The van der Waals surface area contributed by atoms with Gasteiger partial charge in [-0.25, -0.2) is 15.0 Å². The molecule has 0 bridgehead atoms. The number of aromatic nitrogens is 3. The molecule has 344 valence electrons. The molecule has 0 saturated carbocycles. The fourth-order valence-corrected chi connectivity index (χ4v) is 12.1. The van der Waals surface area contributed by atoms with Crippen LogP contribution in [0, 0.1) is 0 Å². The molecule has 0 N–H and O–H groups in total. The minimum absolute atomic E-state index is 0.433. The van der Waals surface area contributed by atoms with Crippen molar-refractivity contribution in [3.05, 3.63) is 283 Å². The van der Waals surface area contributed by atoms with Crippen molar-refractivity contribution in [1.29, 1.82) is 0 Å². The number of rotatable bonds is 7. The molecule has 0 fully saturated rings. The quantitative estimate of drug-likeness (QED) is 0.160. The zero-order valence-electron chi connectivity index (χ0n) is 40.1. The number of hydrogen-bond donors (Lipinski definition) is 0. The van der Waals surface area contributed by atoms with E-state index in [0.717, 1.165) is 72.0 Å². The smallest absolute Gasteiger partial charge is 0.164 e. The first kappa shape index (κ1) is 42.0. The number of furan rings is 1. The highest BCUT2D eigenvalue weighted by Crippen LogP contribution is 2.64. The molecule has 0 unspecified atom stereocenters. The molecule has 0 atom stereocenters. The summed E-state index contributed by atoms with van der Waals surface area (Å²) in [4.78, 5) is 15.8. The molecule has 4 heteroatoms. The van der Waals surface area contributed by atoms with E-state index < -0.39 is 5.41 Å². The van der Waals surface area contributed by atoms with Gasteiger partial charge in [-0.2, -0.15) is 0 Å². The molecule has 2 heterocycles. The van der Waals surface area contributed by atoms with Crippen LogP contribution in [-0.2, 0) is 5.41 Å². The van der Waals surface area contributed by atoms with Crippen LogP contribution >= 0.6 is 0 Å². The van der Waals surface area contributed by atoms with E-state index in [-0.39, 0.29) is 0 Å². The van der Waals surface area contributed by atoms with Gasteiger partial charge >= 0.3 is 0 Å². The van der Waals surface area contributed by atoms with Crippen molar-refractivity contribution in [1.82, 2.24) is 15.0 Å². The first-order valence-corrected chi connectivity index (χ1v) is 25.2. The van der Waals surface area contributed by atoms with E-state index in [1.165, 1.54) is 55.6 Å². The summed E-state index contributed by atoms with van der Waals surface area (Å²) in [7, 11) is 0. The van der Waals surface area contributed by atoms with Crippen molar-refractivity contribution in [2.24, 2.45) is 0 Å². The minimum Gasteiger partial charge on any atom is -0.456 e. The largest absolute Gasteiger partial charge is 0.456 e. The third-order valence-corrected chi connectivity index (χ3v) is 15.4. The van der Waals surface area contributed by atoms with E-state index in [1.54, 1.807) is 0 Å². The highest BCUT2D eigenvalue weighted by atomic mass is 16.3. The Hall–Kier alpha value is -9.77. The molecule has 0 radical (unpaired) electrons. The second kappa shape index (κ2) is 16.7. The lowest BCUT2D eigenvalue weighted by molar-refractivity contribution is 0.669. The maximum Gasteiger partial charge on any atom is 0.164 e. The van der Waals surface area contributed by atoms with Crippen LogP contribution in [0.3, 0.4) is 0 Å². The Bertz CT molecular complexity index is 4200. The molecule has 0 amide bonds. The Morgan fingerprint density at radius 3 is 1.27 bits per heavy atom. The fourth-order valence-electron chi connectivity index (χ4n) is 12.1. The normalized spacial score (nSPS) is 12.7. The van der Waals surface area contributed by atoms with Gasteiger partial charge in [0, 0.05) is 27.5 Å². The summed E-state index contributed by atoms with van der Waals surface area (Å²) in [5.74, 6) is 1.77. The van der Waals surface area contributed by atoms with Gasteiger partial charge in [0.05, 0.1) is 5.41 Å². The zero-order valence-corrected chi connectivity index (χ0v) is 40.1. The summed E-state index contributed by atoms with van der Waals surface area (Å²) in [5, 5.41) is 1.96. The summed E-state index contributed by atoms with van der Waals surface area (Å²) >= 11 is 0. The standard InChI is InChI=1S/C70H43N3O/c1-3-17-44(18-4-1)48-21-13-23-51(41-48)67-71-68(52-24-14-22-49(42-52)45-19-5-2-6-20-45)73-69(72-67)58-30-16-34-64-65(58)59-43-50(39-40-63(59)74-64)46-35-37-47(38-36-46)53-28-15-29-57-56-27-9-12-33-62(56)70(66(53)57)60-31-10-7-25-54(60)55-26-8-11-32-61(55)70/h1-43H. The van der Waals surface area contributed by atoms with E-state index in [1.807, 2.05) is 24.3 Å². The van der Waals surface area contributed by atoms with Gasteiger partial charge in [0.1, 0.15) is 11.2 Å². The molecule has 4 nitrogen and oxygen atoms in total. The van der Waals surface area contributed by atoms with Gasteiger partial charge in [-0.05, 0) is 119 Å². The van der Waals surface area contributed by atoms with Crippen LogP contribution in [0.25, 0.3) is 123 Å². The Balaban J connectivity index is 0.855. The van der Waals surface area contributed by atoms with E-state index in [2.05, 4.69) is 237 Å². The Morgan fingerprint density at radius 1 is 0.257 bits per heavy atom. The summed E-state index contributed by atoms with van der Waals surface area (Å²) in [5.41, 5.74) is 23.5.